The van der Waals surface area contributed by atoms with Gasteiger partial charge in [0.1, 0.15) is 0 Å². The number of aromatic nitrogens is 5. The number of hydrogen-bond donors (Lipinski definition) is 1. The Kier molecular flexibility index (Phi) is 4.89. The van der Waals surface area contributed by atoms with Gasteiger partial charge < -0.3 is 5.32 Å². The maximum atomic E-state index is 12.9. The number of rotatable bonds is 5. The molecule has 0 saturated heterocycles. The van der Waals surface area contributed by atoms with Gasteiger partial charge in [0.25, 0.3) is 5.91 Å². The van der Waals surface area contributed by atoms with Crippen LogP contribution in [0.5, 0.6) is 0 Å². The zero-order chi connectivity index (χ0) is 18.1. The molecular formula is C17H21BrN6O. The normalized spacial score (nSPS) is 11.2. The smallest absolute Gasteiger partial charge is 0.257 e. The van der Waals surface area contributed by atoms with Crippen LogP contribution in [0.25, 0.3) is 11.0 Å². The number of pyridine rings is 1. The monoisotopic (exact) mass is 404 g/mol. The van der Waals surface area contributed by atoms with Crippen LogP contribution in [0.4, 0.5) is 5.82 Å². The quantitative estimate of drug-likeness (QED) is 0.703. The highest BCUT2D eigenvalue weighted by Gasteiger charge is 2.20. The number of hydrogen-bond acceptors (Lipinski definition) is 4. The summed E-state index contributed by atoms with van der Waals surface area (Å²) in [4.78, 5) is 17.5. The molecule has 3 heterocycles. The molecule has 0 aromatic carbocycles. The lowest BCUT2D eigenvalue weighted by atomic mass is 10.1. The molecule has 0 aliphatic heterocycles. The Morgan fingerprint density at radius 3 is 2.72 bits per heavy atom. The molecule has 3 rings (SSSR count). The van der Waals surface area contributed by atoms with Crippen LogP contribution in [0, 0.1) is 13.8 Å². The van der Waals surface area contributed by atoms with E-state index >= 15 is 0 Å². The number of halogens is 1. The van der Waals surface area contributed by atoms with Gasteiger partial charge in [0.2, 0.25) is 0 Å². The van der Waals surface area contributed by atoms with Gasteiger partial charge in [0, 0.05) is 25.0 Å². The predicted molar refractivity (Wildman–Crippen MR) is 101 cm³/mol. The number of nitrogens with one attached hydrogen (secondary N) is 1. The van der Waals surface area contributed by atoms with Crippen molar-refractivity contribution >= 4 is 38.7 Å². The molecule has 0 atom stereocenters. The zero-order valence-electron chi connectivity index (χ0n) is 14.8. The van der Waals surface area contributed by atoms with Crippen LogP contribution >= 0.6 is 15.9 Å². The van der Waals surface area contributed by atoms with Crippen molar-refractivity contribution in [2.75, 3.05) is 5.32 Å². The summed E-state index contributed by atoms with van der Waals surface area (Å²) in [7, 11) is 0. The third kappa shape index (κ3) is 3.30. The summed E-state index contributed by atoms with van der Waals surface area (Å²) in [5, 5.41) is 12.6. The second kappa shape index (κ2) is 6.95. The Balaban J connectivity index is 2.01. The summed E-state index contributed by atoms with van der Waals surface area (Å²) < 4.78 is 4.39. The average Bonchev–Trinajstić information content (AvgIpc) is 3.07. The van der Waals surface area contributed by atoms with E-state index in [0.29, 0.717) is 17.9 Å². The predicted octanol–water partition coefficient (Wildman–Crippen LogP) is 3.69. The number of aryl methyl sites for hydroxylation is 4. The number of nitrogens with zero attached hydrogens (tertiary/aromatic N) is 5. The molecule has 0 unspecified atom stereocenters. The standard InChI is InChI=1S/C17H21BrN6O/c1-5-7-23-9-13(18)15(22-23)20-17(25)12-8-10(3)19-16-14(12)11(4)21-24(16)6-2/h8-9H,5-7H2,1-4H3,(H,20,22,25). The minimum atomic E-state index is -0.211. The van der Waals surface area contributed by atoms with E-state index in [9.17, 15) is 4.79 Å². The molecule has 1 N–H and O–H groups in total. The highest BCUT2D eigenvalue weighted by atomic mass is 79.9. The Morgan fingerprint density at radius 2 is 2.04 bits per heavy atom. The second-order valence-electron chi connectivity index (χ2n) is 5.95. The average molecular weight is 405 g/mol. The minimum Gasteiger partial charge on any atom is -0.304 e. The Morgan fingerprint density at radius 1 is 1.28 bits per heavy atom. The molecule has 8 heteroatoms. The van der Waals surface area contributed by atoms with Crippen molar-refractivity contribution in [3.05, 3.63) is 33.7 Å². The maximum Gasteiger partial charge on any atom is 0.257 e. The highest BCUT2D eigenvalue weighted by Crippen LogP contribution is 2.25. The van der Waals surface area contributed by atoms with E-state index in [1.807, 2.05) is 36.3 Å². The van der Waals surface area contributed by atoms with E-state index in [4.69, 9.17) is 0 Å². The Hall–Kier alpha value is -2.22. The number of fused-ring (bicyclic) bond motifs is 1. The van der Waals surface area contributed by atoms with E-state index in [2.05, 4.69) is 43.4 Å². The van der Waals surface area contributed by atoms with E-state index < -0.39 is 0 Å². The van der Waals surface area contributed by atoms with Crippen LogP contribution < -0.4 is 5.32 Å². The molecule has 0 radical (unpaired) electrons. The lowest BCUT2D eigenvalue weighted by molar-refractivity contribution is 0.102. The van der Waals surface area contributed by atoms with Crippen LogP contribution in [0.1, 0.15) is 42.0 Å². The first-order chi connectivity index (χ1) is 11.9. The molecule has 1 amide bonds. The summed E-state index contributed by atoms with van der Waals surface area (Å²) >= 11 is 3.46. The second-order valence-corrected chi connectivity index (χ2v) is 6.81. The summed E-state index contributed by atoms with van der Waals surface area (Å²) in [6.45, 7) is 9.37. The first-order valence-electron chi connectivity index (χ1n) is 8.33. The van der Waals surface area contributed by atoms with Gasteiger partial charge in [-0.2, -0.15) is 10.2 Å². The van der Waals surface area contributed by atoms with Crippen LogP contribution in [-0.2, 0) is 13.1 Å². The molecule has 0 aliphatic carbocycles. The Labute approximate surface area is 154 Å². The van der Waals surface area contributed by atoms with E-state index in [1.54, 1.807) is 6.07 Å². The molecule has 0 bridgehead atoms. The van der Waals surface area contributed by atoms with Crippen LogP contribution in [-0.4, -0.2) is 30.5 Å². The number of carbonyl (C=O) groups is 1. The van der Waals surface area contributed by atoms with Gasteiger partial charge in [-0.1, -0.05) is 6.92 Å². The molecular weight excluding hydrogens is 384 g/mol. The van der Waals surface area contributed by atoms with Crippen LogP contribution in [0.15, 0.2) is 16.7 Å². The van der Waals surface area contributed by atoms with Crippen molar-refractivity contribution in [2.45, 2.75) is 47.2 Å². The molecule has 0 aliphatic rings. The summed E-state index contributed by atoms with van der Waals surface area (Å²) in [6, 6.07) is 1.79. The number of carbonyl (C=O) groups excluding carboxylic acids is 1. The topological polar surface area (TPSA) is 77.6 Å². The van der Waals surface area contributed by atoms with Gasteiger partial charge in [-0.25, -0.2) is 9.67 Å². The minimum absolute atomic E-state index is 0.211. The molecule has 0 fully saturated rings. The number of anilines is 1. The van der Waals surface area contributed by atoms with Gasteiger partial charge >= 0.3 is 0 Å². The molecule has 7 nitrogen and oxygen atoms in total. The largest absolute Gasteiger partial charge is 0.304 e. The molecule has 132 valence electrons. The lowest BCUT2D eigenvalue weighted by Crippen LogP contribution is -2.14. The molecule has 3 aromatic heterocycles. The van der Waals surface area contributed by atoms with Crippen molar-refractivity contribution in [3.63, 3.8) is 0 Å². The fourth-order valence-electron chi connectivity index (χ4n) is 2.88. The Bertz CT molecular complexity index is 942. The van der Waals surface area contributed by atoms with Crippen LogP contribution in [0.2, 0.25) is 0 Å². The molecule has 25 heavy (non-hydrogen) atoms. The maximum absolute atomic E-state index is 12.9. The summed E-state index contributed by atoms with van der Waals surface area (Å²) in [5.74, 6) is 0.304. The highest BCUT2D eigenvalue weighted by molar-refractivity contribution is 9.10. The van der Waals surface area contributed by atoms with Gasteiger partial charge in [-0.15, -0.1) is 0 Å². The lowest BCUT2D eigenvalue weighted by Gasteiger charge is -2.07. The van der Waals surface area contributed by atoms with Crippen molar-refractivity contribution in [1.82, 2.24) is 24.5 Å². The van der Waals surface area contributed by atoms with E-state index in [-0.39, 0.29) is 5.91 Å². The fraction of sp³-hybridized carbons (Fsp3) is 0.412. The third-order valence-corrected chi connectivity index (χ3v) is 4.53. The molecule has 0 saturated carbocycles. The van der Waals surface area contributed by atoms with Crippen molar-refractivity contribution in [3.8, 4) is 0 Å². The first-order valence-corrected chi connectivity index (χ1v) is 9.13. The van der Waals surface area contributed by atoms with E-state index in [0.717, 1.165) is 39.9 Å². The van der Waals surface area contributed by atoms with Crippen LogP contribution in [0.3, 0.4) is 0 Å². The molecule has 0 spiro atoms. The van der Waals surface area contributed by atoms with Crippen molar-refractivity contribution < 1.29 is 4.79 Å². The molecule has 3 aromatic rings. The number of amides is 1. The summed E-state index contributed by atoms with van der Waals surface area (Å²) in [5.41, 5.74) is 2.88. The SMILES string of the molecule is CCCn1cc(Br)c(NC(=O)c2cc(C)nc3c2c(C)nn3CC)n1. The summed E-state index contributed by atoms with van der Waals surface area (Å²) in [6.07, 6.45) is 2.84. The first kappa shape index (κ1) is 17.6. The zero-order valence-corrected chi connectivity index (χ0v) is 16.4. The van der Waals surface area contributed by atoms with Gasteiger partial charge in [-0.05, 0) is 49.2 Å². The van der Waals surface area contributed by atoms with Gasteiger partial charge in [-0.3, -0.25) is 9.48 Å². The van der Waals surface area contributed by atoms with Gasteiger partial charge in [0.15, 0.2) is 11.5 Å². The fourth-order valence-corrected chi connectivity index (χ4v) is 3.29. The third-order valence-electron chi connectivity index (χ3n) is 3.95. The van der Waals surface area contributed by atoms with E-state index in [1.165, 1.54) is 0 Å². The van der Waals surface area contributed by atoms with Gasteiger partial charge in [0.05, 0.1) is 21.1 Å². The van der Waals surface area contributed by atoms with Crippen molar-refractivity contribution in [2.24, 2.45) is 0 Å². The van der Waals surface area contributed by atoms with Crippen molar-refractivity contribution in [1.29, 1.82) is 0 Å².